The second-order valence-corrected chi connectivity index (χ2v) is 8.72. The summed E-state index contributed by atoms with van der Waals surface area (Å²) in [6, 6.07) is 6.69. The Hall–Kier alpha value is -1.99. The first-order valence-corrected chi connectivity index (χ1v) is 10.6. The minimum atomic E-state index is -0.0194. The maximum Gasteiger partial charge on any atom is 0.228 e. The number of amides is 1. The number of rotatable bonds is 4. The first-order chi connectivity index (χ1) is 13.1. The van der Waals surface area contributed by atoms with Gasteiger partial charge in [-0.2, -0.15) is 0 Å². The molecule has 3 heterocycles. The molecule has 0 spiro atoms. The van der Waals surface area contributed by atoms with Gasteiger partial charge in [0.2, 0.25) is 5.91 Å². The van der Waals surface area contributed by atoms with Crippen LogP contribution >= 0.6 is 11.3 Å². The quantitative estimate of drug-likeness (QED) is 0.877. The summed E-state index contributed by atoms with van der Waals surface area (Å²) >= 11 is 1.66. The van der Waals surface area contributed by atoms with Crippen LogP contribution in [0.4, 0.5) is 10.9 Å². The lowest BCUT2D eigenvalue weighted by atomic mass is 9.96. The van der Waals surface area contributed by atoms with Crippen molar-refractivity contribution in [2.75, 3.05) is 36.4 Å². The van der Waals surface area contributed by atoms with E-state index < -0.39 is 0 Å². The largest absolute Gasteiger partial charge is 0.354 e. The highest BCUT2D eigenvalue weighted by Crippen LogP contribution is 2.32. The van der Waals surface area contributed by atoms with Crippen molar-refractivity contribution in [3.63, 3.8) is 0 Å². The fourth-order valence-corrected chi connectivity index (χ4v) is 4.91. The molecule has 2 aromatic rings. The highest BCUT2D eigenvalue weighted by atomic mass is 32.1. The molecule has 1 N–H and O–H groups in total. The minimum Gasteiger partial charge on any atom is -0.354 e. The Morgan fingerprint density at radius 1 is 1.26 bits per heavy atom. The van der Waals surface area contributed by atoms with Crippen LogP contribution in [0.1, 0.15) is 30.8 Å². The van der Waals surface area contributed by atoms with Crippen LogP contribution in [-0.4, -0.2) is 53.0 Å². The molecule has 0 saturated carbocycles. The summed E-state index contributed by atoms with van der Waals surface area (Å²) in [5.41, 5.74) is 1.18. The van der Waals surface area contributed by atoms with E-state index in [2.05, 4.69) is 37.2 Å². The number of pyridine rings is 1. The Morgan fingerprint density at radius 3 is 2.78 bits per heavy atom. The van der Waals surface area contributed by atoms with Crippen LogP contribution in [0.3, 0.4) is 0 Å². The van der Waals surface area contributed by atoms with Crippen molar-refractivity contribution in [1.29, 1.82) is 0 Å². The van der Waals surface area contributed by atoms with E-state index in [-0.39, 0.29) is 11.8 Å². The summed E-state index contributed by atoms with van der Waals surface area (Å²) in [6.07, 6.45) is 5.07. The lowest BCUT2D eigenvalue weighted by Crippen LogP contribution is -2.51. The van der Waals surface area contributed by atoms with Gasteiger partial charge in [0.25, 0.3) is 0 Å². The molecule has 7 heteroatoms. The number of carbonyl (C=O) groups excluding carboxylic acids is 1. The highest BCUT2D eigenvalue weighted by Gasteiger charge is 2.29. The van der Waals surface area contributed by atoms with E-state index in [0.29, 0.717) is 6.04 Å². The van der Waals surface area contributed by atoms with Crippen molar-refractivity contribution in [3.05, 3.63) is 35.0 Å². The predicted molar refractivity (Wildman–Crippen MR) is 109 cm³/mol. The van der Waals surface area contributed by atoms with Crippen molar-refractivity contribution in [2.24, 2.45) is 5.92 Å². The summed E-state index contributed by atoms with van der Waals surface area (Å²) in [7, 11) is 0. The monoisotopic (exact) mass is 385 g/mol. The van der Waals surface area contributed by atoms with Crippen molar-refractivity contribution in [3.8, 4) is 0 Å². The molecule has 0 bridgehead atoms. The fourth-order valence-electron chi connectivity index (χ4n) is 3.83. The fraction of sp³-hybridized carbons (Fsp3) is 0.550. The number of thiazole rings is 1. The number of fused-ring (bicyclic) bond motifs is 1. The average molecular weight is 386 g/mol. The van der Waals surface area contributed by atoms with E-state index in [1.165, 1.54) is 10.6 Å². The number of aryl methyl sites for hydroxylation is 1. The van der Waals surface area contributed by atoms with Crippen LogP contribution in [0.5, 0.6) is 0 Å². The van der Waals surface area contributed by atoms with Crippen LogP contribution in [0.15, 0.2) is 24.4 Å². The van der Waals surface area contributed by atoms with E-state index in [9.17, 15) is 4.79 Å². The van der Waals surface area contributed by atoms with Crippen LogP contribution in [0, 0.1) is 5.92 Å². The lowest BCUT2D eigenvalue weighted by Gasteiger charge is -2.40. The Balaban J connectivity index is 1.35. The topological polar surface area (TPSA) is 61.4 Å². The van der Waals surface area contributed by atoms with Crippen molar-refractivity contribution in [1.82, 2.24) is 14.9 Å². The normalized spacial score (nSPS) is 20.6. The minimum absolute atomic E-state index is 0.0194. The molecule has 1 amide bonds. The zero-order valence-corrected chi connectivity index (χ0v) is 16.8. The number of aromatic nitrogens is 2. The summed E-state index contributed by atoms with van der Waals surface area (Å²) < 4.78 is 0. The van der Waals surface area contributed by atoms with Gasteiger partial charge in [-0.1, -0.05) is 19.9 Å². The standard InChI is InChI=1S/C20H27N5OS/c1-14(2)19(26)23-20-22-16-7-6-15(13-17(16)27-20)24-9-11-25(12-10-24)18-5-3-4-8-21-18/h3-5,8,14-15H,6-7,9-13H2,1-2H3,(H,22,23,26). The summed E-state index contributed by atoms with van der Waals surface area (Å²) in [6.45, 7) is 8.02. The van der Waals surface area contributed by atoms with Gasteiger partial charge in [-0.3, -0.25) is 9.69 Å². The third-order valence-electron chi connectivity index (χ3n) is 5.47. The van der Waals surface area contributed by atoms with Gasteiger partial charge >= 0.3 is 0 Å². The lowest BCUT2D eigenvalue weighted by molar-refractivity contribution is -0.118. The molecule has 27 heavy (non-hydrogen) atoms. The van der Waals surface area contributed by atoms with E-state index in [0.717, 1.165) is 56.4 Å². The van der Waals surface area contributed by atoms with Gasteiger partial charge in [-0.15, -0.1) is 11.3 Å². The number of hydrogen-bond acceptors (Lipinski definition) is 6. The van der Waals surface area contributed by atoms with Gasteiger partial charge in [0.1, 0.15) is 5.82 Å². The zero-order valence-electron chi connectivity index (χ0n) is 16.0. The molecule has 1 unspecified atom stereocenters. The number of anilines is 2. The SMILES string of the molecule is CC(C)C(=O)Nc1nc2c(s1)CC(N1CCN(c3ccccn3)CC1)CC2. The van der Waals surface area contributed by atoms with E-state index in [1.807, 2.05) is 26.1 Å². The number of nitrogens with zero attached hydrogens (tertiary/aromatic N) is 4. The summed E-state index contributed by atoms with van der Waals surface area (Å²) in [5.74, 6) is 1.11. The van der Waals surface area contributed by atoms with Crippen molar-refractivity contribution >= 4 is 28.2 Å². The van der Waals surface area contributed by atoms with E-state index in [1.54, 1.807) is 11.3 Å². The first kappa shape index (κ1) is 18.4. The third-order valence-corrected chi connectivity index (χ3v) is 6.51. The van der Waals surface area contributed by atoms with Gasteiger partial charge < -0.3 is 10.2 Å². The van der Waals surface area contributed by atoms with Crippen molar-refractivity contribution < 1.29 is 4.79 Å². The Bertz CT molecular complexity index is 783. The smallest absolute Gasteiger partial charge is 0.228 e. The molecule has 4 rings (SSSR count). The molecule has 144 valence electrons. The molecule has 1 fully saturated rings. The summed E-state index contributed by atoms with van der Waals surface area (Å²) in [4.78, 5) is 27.4. The third kappa shape index (κ3) is 4.14. The van der Waals surface area contributed by atoms with Gasteiger partial charge in [0, 0.05) is 49.2 Å². The maximum absolute atomic E-state index is 11.9. The van der Waals surface area contributed by atoms with E-state index in [4.69, 9.17) is 0 Å². The zero-order chi connectivity index (χ0) is 18.8. The molecule has 1 aliphatic carbocycles. The summed E-state index contributed by atoms with van der Waals surface area (Å²) in [5, 5.41) is 3.72. The number of hydrogen-bond donors (Lipinski definition) is 1. The van der Waals surface area contributed by atoms with Gasteiger partial charge in [-0.05, 0) is 31.4 Å². The van der Waals surface area contributed by atoms with Crippen LogP contribution in [0.25, 0.3) is 0 Å². The van der Waals surface area contributed by atoms with Gasteiger partial charge in [0.05, 0.1) is 5.69 Å². The molecule has 6 nitrogen and oxygen atoms in total. The van der Waals surface area contributed by atoms with E-state index >= 15 is 0 Å². The molecular formula is C20H27N5OS. The van der Waals surface area contributed by atoms with Crippen LogP contribution in [-0.2, 0) is 17.6 Å². The van der Waals surface area contributed by atoms with Crippen molar-refractivity contribution in [2.45, 2.75) is 39.2 Å². The second kappa shape index (κ2) is 7.94. The molecule has 2 aliphatic rings. The number of carbonyl (C=O) groups is 1. The van der Waals surface area contributed by atoms with Gasteiger partial charge in [0.15, 0.2) is 5.13 Å². The first-order valence-electron chi connectivity index (χ1n) is 9.79. The van der Waals surface area contributed by atoms with Crippen LogP contribution in [0.2, 0.25) is 0 Å². The Morgan fingerprint density at radius 2 is 2.07 bits per heavy atom. The average Bonchev–Trinajstić information content (AvgIpc) is 3.10. The molecular weight excluding hydrogens is 358 g/mol. The molecule has 0 radical (unpaired) electrons. The Kier molecular flexibility index (Phi) is 5.41. The molecule has 2 aromatic heterocycles. The molecule has 0 aromatic carbocycles. The molecule has 1 atom stereocenters. The van der Waals surface area contributed by atoms with Crippen LogP contribution < -0.4 is 10.2 Å². The van der Waals surface area contributed by atoms with Gasteiger partial charge in [-0.25, -0.2) is 9.97 Å². The maximum atomic E-state index is 11.9. The number of nitrogens with one attached hydrogen (secondary N) is 1. The predicted octanol–water partition coefficient (Wildman–Crippen LogP) is 2.81. The number of piperazine rings is 1. The molecule has 1 aliphatic heterocycles. The Labute approximate surface area is 164 Å². The molecule has 1 saturated heterocycles. The highest BCUT2D eigenvalue weighted by molar-refractivity contribution is 7.15. The second-order valence-electron chi connectivity index (χ2n) is 7.64.